The number of hydrogen-bond acceptors (Lipinski definition) is 5. The number of hydrogen-bond donors (Lipinski definition) is 1. The van der Waals surface area contributed by atoms with Crippen molar-refractivity contribution in [1.82, 2.24) is 14.9 Å². The normalized spacial score (nSPS) is 11.3. The first-order valence-corrected chi connectivity index (χ1v) is 7.29. The second kappa shape index (κ2) is 6.11. The molecule has 2 aromatic rings. The maximum absolute atomic E-state index is 4.34. The first-order valence-electron chi connectivity index (χ1n) is 6.41. The molecule has 0 atom stereocenters. The van der Waals surface area contributed by atoms with Gasteiger partial charge in [-0.25, -0.2) is 9.97 Å². The highest BCUT2D eigenvalue weighted by atomic mass is 32.1. The molecule has 0 amide bonds. The van der Waals surface area contributed by atoms with E-state index in [1.54, 1.807) is 17.7 Å². The van der Waals surface area contributed by atoms with Crippen LogP contribution in [0.1, 0.15) is 19.4 Å². The molecule has 0 bridgehead atoms. The van der Waals surface area contributed by atoms with Gasteiger partial charge in [0.2, 0.25) is 0 Å². The lowest BCUT2D eigenvalue weighted by molar-refractivity contribution is 0.316. The van der Waals surface area contributed by atoms with Gasteiger partial charge in [0, 0.05) is 13.1 Å². The molecule has 18 heavy (non-hydrogen) atoms. The van der Waals surface area contributed by atoms with Gasteiger partial charge in [-0.1, -0.05) is 13.8 Å². The Labute approximate surface area is 112 Å². The van der Waals surface area contributed by atoms with Crippen molar-refractivity contribution < 1.29 is 0 Å². The standard InChI is InChI=1S/C13H20N4S/c1-4-17(5-2)7-6-14-13-12-11(15-9-16-13)10(3)8-18-12/h8-9H,4-7H2,1-3H3,(H,14,15,16). The molecule has 2 rings (SSSR count). The quantitative estimate of drug-likeness (QED) is 0.871. The van der Waals surface area contributed by atoms with E-state index in [4.69, 9.17) is 0 Å². The van der Waals surface area contributed by atoms with Crippen LogP contribution in [0.3, 0.4) is 0 Å². The molecule has 1 N–H and O–H groups in total. The van der Waals surface area contributed by atoms with Crippen LogP contribution in [0.4, 0.5) is 5.82 Å². The Kier molecular flexibility index (Phi) is 4.49. The van der Waals surface area contributed by atoms with Gasteiger partial charge >= 0.3 is 0 Å². The summed E-state index contributed by atoms with van der Waals surface area (Å²) in [7, 11) is 0. The number of nitrogens with one attached hydrogen (secondary N) is 1. The highest BCUT2D eigenvalue weighted by Crippen LogP contribution is 2.28. The Morgan fingerprint density at radius 3 is 2.78 bits per heavy atom. The lowest BCUT2D eigenvalue weighted by Crippen LogP contribution is -2.28. The second-order valence-corrected chi connectivity index (χ2v) is 5.15. The number of likely N-dealkylation sites (N-methyl/N-ethyl adjacent to an activating group) is 1. The van der Waals surface area contributed by atoms with E-state index in [-0.39, 0.29) is 0 Å². The van der Waals surface area contributed by atoms with E-state index in [1.165, 1.54) is 5.56 Å². The topological polar surface area (TPSA) is 41.0 Å². The van der Waals surface area contributed by atoms with Gasteiger partial charge in [0.1, 0.15) is 12.1 Å². The Hall–Kier alpha value is -1.20. The molecule has 0 spiro atoms. The van der Waals surface area contributed by atoms with Gasteiger partial charge < -0.3 is 10.2 Å². The van der Waals surface area contributed by atoms with Crippen LogP contribution in [0.15, 0.2) is 11.7 Å². The molecule has 5 heteroatoms. The minimum Gasteiger partial charge on any atom is -0.367 e. The molecular formula is C13H20N4S. The number of anilines is 1. The fourth-order valence-electron chi connectivity index (χ4n) is 1.97. The number of aromatic nitrogens is 2. The van der Waals surface area contributed by atoms with E-state index >= 15 is 0 Å². The maximum Gasteiger partial charge on any atom is 0.147 e. The molecule has 0 aliphatic heterocycles. The lowest BCUT2D eigenvalue weighted by atomic mass is 10.3. The summed E-state index contributed by atoms with van der Waals surface area (Å²) in [6.45, 7) is 10.6. The van der Waals surface area contributed by atoms with Crippen molar-refractivity contribution in [3.8, 4) is 0 Å². The summed E-state index contributed by atoms with van der Waals surface area (Å²) in [5.74, 6) is 0.963. The Morgan fingerprint density at radius 1 is 1.28 bits per heavy atom. The van der Waals surface area contributed by atoms with Gasteiger partial charge in [-0.15, -0.1) is 11.3 Å². The zero-order valence-electron chi connectivity index (χ0n) is 11.2. The molecule has 0 fully saturated rings. The van der Waals surface area contributed by atoms with Crippen LogP contribution in [0.5, 0.6) is 0 Å². The van der Waals surface area contributed by atoms with E-state index in [0.29, 0.717) is 0 Å². The Morgan fingerprint density at radius 2 is 2.06 bits per heavy atom. The molecule has 4 nitrogen and oxygen atoms in total. The van der Waals surface area contributed by atoms with Gasteiger partial charge in [-0.05, 0) is 31.0 Å². The van der Waals surface area contributed by atoms with Gasteiger partial charge in [-0.2, -0.15) is 0 Å². The highest BCUT2D eigenvalue weighted by molar-refractivity contribution is 7.18. The van der Waals surface area contributed by atoms with Gasteiger partial charge in [0.05, 0.1) is 10.2 Å². The van der Waals surface area contributed by atoms with Crippen molar-refractivity contribution in [2.24, 2.45) is 0 Å². The summed E-state index contributed by atoms with van der Waals surface area (Å²) in [5.41, 5.74) is 2.30. The molecule has 0 aromatic carbocycles. The zero-order valence-corrected chi connectivity index (χ0v) is 12.0. The summed E-state index contributed by atoms with van der Waals surface area (Å²) in [5, 5.41) is 5.55. The molecule has 0 unspecified atom stereocenters. The number of thiophene rings is 1. The van der Waals surface area contributed by atoms with E-state index in [2.05, 4.69) is 46.3 Å². The third-order valence-electron chi connectivity index (χ3n) is 3.15. The Bertz CT molecular complexity index is 505. The van der Waals surface area contributed by atoms with Crippen LogP contribution in [-0.2, 0) is 0 Å². The van der Waals surface area contributed by atoms with Crippen LogP contribution in [0.25, 0.3) is 10.2 Å². The monoisotopic (exact) mass is 264 g/mol. The SMILES string of the molecule is CCN(CC)CCNc1ncnc2c(C)csc12. The van der Waals surface area contributed by atoms with Crippen molar-refractivity contribution >= 4 is 27.4 Å². The van der Waals surface area contributed by atoms with Crippen LogP contribution in [-0.4, -0.2) is 41.0 Å². The fourth-order valence-corrected chi connectivity index (χ4v) is 2.94. The van der Waals surface area contributed by atoms with Crippen molar-refractivity contribution in [3.05, 3.63) is 17.3 Å². The third-order valence-corrected chi connectivity index (χ3v) is 4.24. The molecule has 0 radical (unpaired) electrons. The maximum atomic E-state index is 4.34. The van der Waals surface area contributed by atoms with Crippen molar-refractivity contribution in [2.75, 3.05) is 31.5 Å². The first kappa shape index (κ1) is 13.2. The molecule has 2 aromatic heterocycles. The highest BCUT2D eigenvalue weighted by Gasteiger charge is 2.07. The molecular weight excluding hydrogens is 244 g/mol. The van der Waals surface area contributed by atoms with Gasteiger partial charge in [0.15, 0.2) is 0 Å². The molecule has 0 aliphatic rings. The summed E-state index contributed by atoms with van der Waals surface area (Å²) >= 11 is 1.71. The predicted octanol–water partition coefficient (Wildman–Crippen LogP) is 2.75. The largest absolute Gasteiger partial charge is 0.367 e. The van der Waals surface area contributed by atoms with E-state index < -0.39 is 0 Å². The summed E-state index contributed by atoms with van der Waals surface area (Å²) < 4.78 is 1.16. The number of fused-ring (bicyclic) bond motifs is 1. The van der Waals surface area contributed by atoms with Crippen LogP contribution < -0.4 is 5.32 Å². The third kappa shape index (κ3) is 2.79. The summed E-state index contributed by atoms with van der Waals surface area (Å²) in [4.78, 5) is 11.1. The smallest absolute Gasteiger partial charge is 0.147 e. The molecule has 98 valence electrons. The number of rotatable bonds is 6. The predicted molar refractivity (Wildman–Crippen MR) is 78.4 cm³/mol. The first-order chi connectivity index (χ1) is 8.76. The van der Waals surface area contributed by atoms with E-state index in [9.17, 15) is 0 Å². The second-order valence-electron chi connectivity index (χ2n) is 4.27. The summed E-state index contributed by atoms with van der Waals surface area (Å²) in [6, 6.07) is 0. The van der Waals surface area contributed by atoms with Crippen LogP contribution >= 0.6 is 11.3 Å². The van der Waals surface area contributed by atoms with E-state index in [0.717, 1.165) is 42.2 Å². The fraction of sp³-hybridized carbons (Fsp3) is 0.538. The van der Waals surface area contributed by atoms with Gasteiger partial charge in [-0.3, -0.25) is 0 Å². The molecule has 0 saturated carbocycles. The number of aryl methyl sites for hydroxylation is 1. The number of nitrogens with zero attached hydrogens (tertiary/aromatic N) is 3. The molecule has 0 aliphatic carbocycles. The van der Waals surface area contributed by atoms with E-state index in [1.807, 2.05) is 0 Å². The average Bonchev–Trinajstić information content (AvgIpc) is 2.78. The summed E-state index contributed by atoms with van der Waals surface area (Å²) in [6.07, 6.45) is 1.64. The Balaban J connectivity index is 2.03. The zero-order chi connectivity index (χ0) is 13.0. The lowest BCUT2D eigenvalue weighted by Gasteiger charge is -2.18. The molecule has 0 saturated heterocycles. The van der Waals surface area contributed by atoms with Gasteiger partial charge in [0.25, 0.3) is 0 Å². The van der Waals surface area contributed by atoms with Crippen molar-refractivity contribution in [3.63, 3.8) is 0 Å². The van der Waals surface area contributed by atoms with Crippen LogP contribution in [0.2, 0.25) is 0 Å². The average molecular weight is 264 g/mol. The molecule has 2 heterocycles. The minimum absolute atomic E-state index is 0.921. The van der Waals surface area contributed by atoms with Crippen molar-refractivity contribution in [1.29, 1.82) is 0 Å². The minimum atomic E-state index is 0.921. The van der Waals surface area contributed by atoms with Crippen molar-refractivity contribution in [2.45, 2.75) is 20.8 Å². The van der Waals surface area contributed by atoms with Crippen LogP contribution in [0, 0.1) is 6.92 Å².